The lowest BCUT2D eigenvalue weighted by atomic mass is 10.1. The minimum absolute atomic E-state index is 0.103. The molecule has 1 atom stereocenters. The van der Waals surface area contributed by atoms with E-state index in [4.69, 9.17) is 16.3 Å². The number of methoxy groups -OCH3 is 1. The zero-order valence-electron chi connectivity index (χ0n) is 11.7. The van der Waals surface area contributed by atoms with E-state index >= 15 is 0 Å². The van der Waals surface area contributed by atoms with Crippen molar-refractivity contribution in [2.45, 2.75) is 29.3 Å². The summed E-state index contributed by atoms with van der Waals surface area (Å²) in [6.07, 6.45) is 3.72. The van der Waals surface area contributed by atoms with Crippen molar-refractivity contribution < 1.29 is 13.9 Å². The lowest BCUT2D eigenvalue weighted by Crippen LogP contribution is -2.14. The van der Waals surface area contributed by atoms with Gasteiger partial charge in [0.2, 0.25) is 0 Å². The topological polar surface area (TPSA) is 57.0 Å². The van der Waals surface area contributed by atoms with Gasteiger partial charge in [-0.25, -0.2) is 4.39 Å². The maximum atomic E-state index is 14.1. The van der Waals surface area contributed by atoms with Gasteiger partial charge in [0.25, 0.3) is 0 Å². The van der Waals surface area contributed by atoms with Crippen LogP contribution in [-0.4, -0.2) is 27.8 Å². The summed E-state index contributed by atoms with van der Waals surface area (Å²) in [5.74, 6) is -1.13. The summed E-state index contributed by atoms with van der Waals surface area (Å²) in [5.41, 5.74) is 0.103. The Hall–Kier alpha value is -1.60. The number of hydrogen-bond acceptors (Lipinski definition) is 5. The molecule has 1 fully saturated rings. The van der Waals surface area contributed by atoms with Crippen LogP contribution in [0.4, 0.5) is 4.39 Å². The molecule has 8 heteroatoms. The van der Waals surface area contributed by atoms with Gasteiger partial charge in [-0.15, -0.1) is 10.2 Å². The van der Waals surface area contributed by atoms with E-state index in [1.54, 1.807) is 12.4 Å². The first-order chi connectivity index (χ1) is 10.6. The van der Waals surface area contributed by atoms with Crippen LogP contribution in [-0.2, 0) is 9.53 Å². The molecule has 1 unspecified atom stereocenters. The first kappa shape index (κ1) is 15.3. The van der Waals surface area contributed by atoms with Crippen LogP contribution in [0.1, 0.15) is 29.7 Å². The van der Waals surface area contributed by atoms with Crippen LogP contribution in [0, 0.1) is 5.82 Å². The molecule has 0 aliphatic heterocycles. The Morgan fingerprint density at radius 1 is 1.55 bits per heavy atom. The fraction of sp³-hybridized carbons (Fsp3) is 0.357. The van der Waals surface area contributed by atoms with E-state index in [-0.39, 0.29) is 10.6 Å². The third kappa shape index (κ3) is 2.96. The van der Waals surface area contributed by atoms with Gasteiger partial charge in [-0.3, -0.25) is 4.79 Å². The van der Waals surface area contributed by atoms with Gasteiger partial charge in [0.05, 0.1) is 7.11 Å². The average Bonchev–Trinajstić information content (AvgIpc) is 3.24. The van der Waals surface area contributed by atoms with E-state index in [1.165, 1.54) is 19.2 Å². The number of aromatic nitrogens is 3. The largest absolute Gasteiger partial charge is 0.468 e. The number of benzene rings is 1. The third-order valence-electron chi connectivity index (χ3n) is 3.38. The van der Waals surface area contributed by atoms with Crippen LogP contribution in [0.2, 0.25) is 5.02 Å². The molecule has 2 aromatic rings. The fourth-order valence-corrected chi connectivity index (χ4v) is 3.63. The molecule has 1 aromatic heterocycles. The Kier molecular flexibility index (Phi) is 4.35. The van der Waals surface area contributed by atoms with Gasteiger partial charge in [0, 0.05) is 16.6 Å². The summed E-state index contributed by atoms with van der Waals surface area (Å²) in [6, 6.07) is 4.66. The number of hydrogen-bond donors (Lipinski definition) is 0. The highest BCUT2D eigenvalue weighted by molar-refractivity contribution is 8.00. The van der Waals surface area contributed by atoms with E-state index in [0.717, 1.165) is 24.6 Å². The lowest BCUT2D eigenvalue weighted by molar-refractivity contribution is -0.140. The predicted octanol–water partition coefficient (Wildman–Crippen LogP) is 3.41. The van der Waals surface area contributed by atoms with Crippen LogP contribution < -0.4 is 0 Å². The normalized spacial score (nSPS) is 15.6. The zero-order chi connectivity index (χ0) is 15.7. The van der Waals surface area contributed by atoms with Crippen molar-refractivity contribution in [1.29, 1.82) is 0 Å². The molecule has 1 aliphatic carbocycles. The van der Waals surface area contributed by atoms with E-state index in [0.29, 0.717) is 11.2 Å². The molecule has 0 spiro atoms. The smallest absolute Gasteiger partial charge is 0.323 e. The molecule has 0 N–H and O–H groups in total. The van der Waals surface area contributed by atoms with Crippen molar-refractivity contribution in [2.75, 3.05) is 7.11 Å². The lowest BCUT2D eigenvalue weighted by Gasteiger charge is -2.16. The number of rotatable bonds is 5. The first-order valence-electron chi connectivity index (χ1n) is 6.69. The highest BCUT2D eigenvalue weighted by atomic mass is 35.5. The quantitative estimate of drug-likeness (QED) is 0.616. The maximum Gasteiger partial charge on any atom is 0.323 e. The number of ether oxygens (including phenoxy) is 1. The predicted molar refractivity (Wildman–Crippen MR) is 80.3 cm³/mol. The SMILES string of the molecule is COC(=O)C(Sc1nncn1C1CC1)c1c(F)cccc1Cl. The van der Waals surface area contributed by atoms with Crippen molar-refractivity contribution >= 4 is 29.3 Å². The van der Waals surface area contributed by atoms with E-state index in [2.05, 4.69) is 10.2 Å². The summed E-state index contributed by atoms with van der Waals surface area (Å²) in [6.45, 7) is 0. The van der Waals surface area contributed by atoms with E-state index in [9.17, 15) is 9.18 Å². The number of carbonyl (C=O) groups is 1. The molecule has 116 valence electrons. The Balaban J connectivity index is 1.96. The monoisotopic (exact) mass is 341 g/mol. The van der Waals surface area contributed by atoms with E-state index < -0.39 is 17.0 Å². The molecule has 0 saturated heterocycles. The molecule has 1 aliphatic rings. The summed E-state index contributed by atoms with van der Waals surface area (Å²) < 4.78 is 20.8. The number of nitrogens with zero attached hydrogens (tertiary/aromatic N) is 3. The second-order valence-electron chi connectivity index (χ2n) is 4.91. The minimum Gasteiger partial charge on any atom is -0.468 e. The molecule has 1 saturated carbocycles. The molecular formula is C14H13ClFN3O2S. The first-order valence-corrected chi connectivity index (χ1v) is 7.95. The molecule has 0 amide bonds. The molecule has 22 heavy (non-hydrogen) atoms. The Morgan fingerprint density at radius 2 is 2.32 bits per heavy atom. The molecule has 3 rings (SSSR count). The number of halogens is 2. The molecular weight excluding hydrogens is 329 g/mol. The molecule has 1 aromatic carbocycles. The summed E-state index contributed by atoms with van der Waals surface area (Å²) >= 11 is 7.17. The van der Waals surface area contributed by atoms with Gasteiger partial charge in [-0.1, -0.05) is 29.4 Å². The highest BCUT2D eigenvalue weighted by Gasteiger charge is 2.32. The fourth-order valence-electron chi connectivity index (χ4n) is 2.12. The number of carbonyl (C=O) groups excluding carboxylic acids is 1. The maximum absolute atomic E-state index is 14.1. The van der Waals surface area contributed by atoms with Gasteiger partial charge in [0.15, 0.2) is 5.16 Å². The second-order valence-corrected chi connectivity index (χ2v) is 6.39. The summed E-state index contributed by atoms with van der Waals surface area (Å²) in [7, 11) is 1.26. The highest BCUT2D eigenvalue weighted by Crippen LogP contribution is 2.43. The van der Waals surface area contributed by atoms with Gasteiger partial charge < -0.3 is 9.30 Å². The number of esters is 1. The summed E-state index contributed by atoms with van der Waals surface area (Å²) in [5, 5.41) is 7.70. The van der Waals surface area contributed by atoms with Crippen LogP contribution in [0.15, 0.2) is 29.7 Å². The van der Waals surface area contributed by atoms with Crippen molar-refractivity contribution in [3.8, 4) is 0 Å². The second kappa shape index (κ2) is 6.26. The molecule has 0 bridgehead atoms. The molecule has 5 nitrogen and oxygen atoms in total. The van der Waals surface area contributed by atoms with Gasteiger partial charge in [-0.2, -0.15) is 0 Å². The van der Waals surface area contributed by atoms with Gasteiger partial charge in [-0.05, 0) is 25.0 Å². The van der Waals surface area contributed by atoms with Gasteiger partial charge >= 0.3 is 5.97 Å². The van der Waals surface area contributed by atoms with Crippen LogP contribution >= 0.6 is 23.4 Å². The molecule has 1 heterocycles. The van der Waals surface area contributed by atoms with E-state index in [1.807, 2.05) is 4.57 Å². The minimum atomic E-state index is -0.930. The standard InChI is InChI=1S/C14H13ClFN3O2S/c1-21-13(20)12(11-9(15)3-2-4-10(11)16)22-14-18-17-7-19(14)8-5-6-8/h2-4,7-8,12H,5-6H2,1H3. The average molecular weight is 342 g/mol. The Morgan fingerprint density at radius 3 is 2.95 bits per heavy atom. The van der Waals surface area contributed by atoms with Crippen molar-refractivity contribution in [2.24, 2.45) is 0 Å². The summed E-state index contributed by atoms with van der Waals surface area (Å²) in [4.78, 5) is 12.1. The van der Waals surface area contributed by atoms with Crippen LogP contribution in [0.5, 0.6) is 0 Å². The Labute approximate surface area is 135 Å². The number of thioether (sulfide) groups is 1. The zero-order valence-corrected chi connectivity index (χ0v) is 13.3. The van der Waals surface area contributed by atoms with Crippen molar-refractivity contribution in [1.82, 2.24) is 14.8 Å². The van der Waals surface area contributed by atoms with Gasteiger partial charge in [0.1, 0.15) is 17.4 Å². The van der Waals surface area contributed by atoms with Crippen molar-refractivity contribution in [3.63, 3.8) is 0 Å². The third-order valence-corrected chi connectivity index (χ3v) is 4.88. The molecule has 0 radical (unpaired) electrons. The van der Waals surface area contributed by atoms with Crippen molar-refractivity contribution in [3.05, 3.63) is 40.9 Å². The van der Waals surface area contributed by atoms with Crippen LogP contribution in [0.3, 0.4) is 0 Å². The van der Waals surface area contributed by atoms with Crippen LogP contribution in [0.25, 0.3) is 0 Å². The Bertz CT molecular complexity index is 685.